The Kier molecular flexibility index (Phi) is 7.43. The lowest BCUT2D eigenvalue weighted by Crippen LogP contribution is -2.17. The molecule has 1 amide bonds. The minimum Gasteiger partial charge on any atom is -0.497 e. The molecule has 0 aliphatic carbocycles. The lowest BCUT2D eigenvalue weighted by atomic mass is 10.2. The monoisotopic (exact) mass is 516 g/mol. The van der Waals surface area contributed by atoms with Crippen LogP contribution in [0.1, 0.15) is 21.5 Å². The molecule has 7 heteroatoms. The minimum atomic E-state index is -0.307. The van der Waals surface area contributed by atoms with Crippen LogP contribution in [0.2, 0.25) is 0 Å². The Morgan fingerprint density at radius 3 is 2.52 bits per heavy atom. The van der Waals surface area contributed by atoms with Crippen molar-refractivity contribution in [2.75, 3.05) is 7.11 Å². The summed E-state index contributed by atoms with van der Waals surface area (Å²) in [7, 11) is 1.60. The molecule has 5 nitrogen and oxygen atoms in total. The van der Waals surface area contributed by atoms with E-state index in [-0.39, 0.29) is 5.91 Å². The topological polar surface area (TPSA) is 59.9 Å². The third-order valence-electron chi connectivity index (χ3n) is 3.98. The largest absolute Gasteiger partial charge is 0.497 e. The van der Waals surface area contributed by atoms with Gasteiger partial charge in [0.25, 0.3) is 5.91 Å². The van der Waals surface area contributed by atoms with E-state index >= 15 is 0 Å². The highest BCUT2D eigenvalue weighted by Crippen LogP contribution is 2.21. The Hall–Kier alpha value is -2.64. The van der Waals surface area contributed by atoms with Crippen molar-refractivity contribution in [1.82, 2.24) is 5.43 Å². The van der Waals surface area contributed by atoms with Crippen LogP contribution in [0.25, 0.3) is 0 Å². The molecule has 0 spiro atoms. The molecule has 0 aliphatic rings. The molecule has 0 aromatic heterocycles. The van der Waals surface area contributed by atoms with Crippen molar-refractivity contribution in [3.63, 3.8) is 0 Å². The molecule has 0 unspecified atom stereocenters. The van der Waals surface area contributed by atoms with E-state index in [4.69, 9.17) is 9.47 Å². The predicted octanol–water partition coefficient (Wildman–Crippen LogP) is 5.56. The number of benzene rings is 3. The third-order valence-corrected chi connectivity index (χ3v) is 5.20. The molecule has 3 rings (SSSR count). The number of halogens is 2. The number of methoxy groups -OCH3 is 1. The van der Waals surface area contributed by atoms with Gasteiger partial charge in [-0.05, 0) is 60.2 Å². The molecular weight excluding hydrogens is 500 g/mol. The van der Waals surface area contributed by atoms with E-state index < -0.39 is 0 Å². The van der Waals surface area contributed by atoms with Crippen LogP contribution in [0.15, 0.2) is 80.8 Å². The van der Waals surface area contributed by atoms with Crippen LogP contribution in [-0.2, 0) is 6.61 Å². The summed E-state index contributed by atoms with van der Waals surface area (Å²) in [5, 5.41) is 4.02. The summed E-state index contributed by atoms with van der Waals surface area (Å²) in [4.78, 5) is 12.3. The van der Waals surface area contributed by atoms with Gasteiger partial charge in [-0.15, -0.1) is 0 Å². The summed E-state index contributed by atoms with van der Waals surface area (Å²) in [6.07, 6.45) is 1.56. The van der Waals surface area contributed by atoms with E-state index in [9.17, 15) is 4.79 Å². The summed E-state index contributed by atoms with van der Waals surface area (Å²) in [5.74, 6) is 1.09. The zero-order valence-electron chi connectivity index (χ0n) is 15.6. The Bertz CT molecular complexity index is 1020. The van der Waals surface area contributed by atoms with Gasteiger partial charge in [0.2, 0.25) is 0 Å². The first-order chi connectivity index (χ1) is 14.0. The number of amides is 1. The third kappa shape index (κ3) is 6.17. The summed E-state index contributed by atoms with van der Waals surface area (Å²) < 4.78 is 12.8. The van der Waals surface area contributed by atoms with Gasteiger partial charge in [0.15, 0.2) is 0 Å². The number of carbonyl (C=O) groups excluding carboxylic acids is 1. The average Bonchev–Trinajstić information content (AvgIpc) is 2.74. The smallest absolute Gasteiger partial charge is 0.271 e. The van der Waals surface area contributed by atoms with Gasteiger partial charge in [-0.1, -0.05) is 44.0 Å². The molecule has 3 aromatic rings. The second-order valence-corrected chi connectivity index (χ2v) is 7.80. The Morgan fingerprint density at radius 1 is 1.03 bits per heavy atom. The van der Waals surface area contributed by atoms with Crippen LogP contribution >= 0.6 is 31.9 Å². The van der Waals surface area contributed by atoms with Gasteiger partial charge in [-0.2, -0.15) is 5.10 Å². The van der Waals surface area contributed by atoms with E-state index in [2.05, 4.69) is 42.4 Å². The maximum atomic E-state index is 12.3. The average molecular weight is 518 g/mol. The molecule has 0 aliphatic heterocycles. The quantitative estimate of drug-likeness (QED) is 0.329. The summed E-state index contributed by atoms with van der Waals surface area (Å²) in [6.45, 7) is 0.449. The fourth-order valence-electron chi connectivity index (χ4n) is 2.47. The summed E-state index contributed by atoms with van der Waals surface area (Å²) in [6, 6.07) is 20.3. The van der Waals surface area contributed by atoms with Crippen molar-refractivity contribution in [1.29, 1.82) is 0 Å². The van der Waals surface area contributed by atoms with Gasteiger partial charge >= 0.3 is 0 Å². The summed E-state index contributed by atoms with van der Waals surface area (Å²) in [5.41, 5.74) is 4.85. The van der Waals surface area contributed by atoms with Crippen molar-refractivity contribution in [2.24, 2.45) is 5.10 Å². The van der Waals surface area contributed by atoms with E-state index in [1.54, 1.807) is 37.6 Å². The number of hydrogen-bond acceptors (Lipinski definition) is 4. The normalized spacial score (nSPS) is 10.7. The number of rotatable bonds is 7. The van der Waals surface area contributed by atoms with E-state index in [1.807, 2.05) is 42.5 Å². The van der Waals surface area contributed by atoms with Gasteiger partial charge in [0, 0.05) is 20.1 Å². The lowest BCUT2D eigenvalue weighted by molar-refractivity contribution is 0.0955. The van der Waals surface area contributed by atoms with Gasteiger partial charge in [0.05, 0.1) is 13.3 Å². The molecule has 0 fully saturated rings. The van der Waals surface area contributed by atoms with Gasteiger partial charge in [-0.3, -0.25) is 4.79 Å². The van der Waals surface area contributed by atoms with Crippen molar-refractivity contribution in [3.05, 3.63) is 92.4 Å². The highest BCUT2D eigenvalue weighted by molar-refractivity contribution is 9.10. The number of hydrazone groups is 1. The van der Waals surface area contributed by atoms with Crippen LogP contribution in [-0.4, -0.2) is 19.2 Å². The van der Waals surface area contributed by atoms with Gasteiger partial charge in [-0.25, -0.2) is 5.43 Å². The molecule has 0 atom stereocenters. The molecule has 29 heavy (non-hydrogen) atoms. The minimum absolute atomic E-state index is 0.307. The molecule has 1 N–H and O–H groups in total. The maximum absolute atomic E-state index is 12.3. The standard InChI is InChI=1S/C22H18Br2N2O3/c1-28-20-9-10-21(24)17(12-20)13-25-26-22(27)16-5-7-19(8-6-16)29-14-15-3-2-4-18(23)11-15/h2-13H,14H2,1H3,(H,26,27)/b25-13+. The molecular formula is C22H18Br2N2O3. The Balaban J connectivity index is 1.56. The number of hydrogen-bond donors (Lipinski definition) is 1. The molecule has 3 aromatic carbocycles. The molecule has 0 bridgehead atoms. The van der Waals surface area contributed by atoms with Gasteiger partial charge in [0.1, 0.15) is 18.1 Å². The Morgan fingerprint density at radius 2 is 1.79 bits per heavy atom. The molecule has 148 valence electrons. The lowest BCUT2D eigenvalue weighted by Gasteiger charge is -2.07. The van der Waals surface area contributed by atoms with E-state index in [1.165, 1.54) is 0 Å². The number of ether oxygens (including phenoxy) is 2. The van der Waals surface area contributed by atoms with Crippen LogP contribution in [0.5, 0.6) is 11.5 Å². The zero-order chi connectivity index (χ0) is 20.6. The van der Waals surface area contributed by atoms with E-state index in [0.717, 1.165) is 20.1 Å². The zero-order valence-corrected chi connectivity index (χ0v) is 18.7. The number of carbonyl (C=O) groups is 1. The highest BCUT2D eigenvalue weighted by Gasteiger charge is 2.05. The molecule has 0 heterocycles. The molecule has 0 saturated heterocycles. The SMILES string of the molecule is COc1ccc(Br)c(/C=N/NC(=O)c2ccc(OCc3cccc(Br)c3)cc2)c1. The fourth-order valence-corrected chi connectivity index (χ4v) is 3.26. The first kappa shape index (κ1) is 21.1. The van der Waals surface area contributed by atoms with Crippen molar-refractivity contribution < 1.29 is 14.3 Å². The van der Waals surface area contributed by atoms with E-state index in [0.29, 0.717) is 23.7 Å². The Labute approximate surface area is 186 Å². The van der Waals surface area contributed by atoms with Crippen molar-refractivity contribution in [2.45, 2.75) is 6.61 Å². The number of nitrogens with zero attached hydrogens (tertiary/aromatic N) is 1. The maximum Gasteiger partial charge on any atom is 0.271 e. The molecule has 0 saturated carbocycles. The summed E-state index contributed by atoms with van der Waals surface area (Å²) >= 11 is 6.88. The fraction of sp³-hybridized carbons (Fsp3) is 0.0909. The van der Waals surface area contributed by atoms with Crippen LogP contribution in [0.3, 0.4) is 0 Å². The number of nitrogens with one attached hydrogen (secondary N) is 1. The van der Waals surface area contributed by atoms with Gasteiger partial charge < -0.3 is 9.47 Å². The highest BCUT2D eigenvalue weighted by atomic mass is 79.9. The van der Waals surface area contributed by atoms with Crippen molar-refractivity contribution in [3.8, 4) is 11.5 Å². The van der Waals surface area contributed by atoms with Crippen LogP contribution < -0.4 is 14.9 Å². The first-order valence-electron chi connectivity index (χ1n) is 8.69. The van der Waals surface area contributed by atoms with Crippen molar-refractivity contribution >= 4 is 44.0 Å². The first-order valence-corrected chi connectivity index (χ1v) is 10.3. The predicted molar refractivity (Wildman–Crippen MR) is 121 cm³/mol. The molecule has 0 radical (unpaired) electrons. The second-order valence-electron chi connectivity index (χ2n) is 6.03. The van der Waals surface area contributed by atoms with Crippen LogP contribution in [0, 0.1) is 0 Å². The second kappa shape index (κ2) is 10.2. The van der Waals surface area contributed by atoms with Crippen LogP contribution in [0.4, 0.5) is 0 Å².